The van der Waals surface area contributed by atoms with Crippen molar-refractivity contribution < 1.29 is 23.9 Å². The maximum Gasteiger partial charge on any atom is 0.310 e. The Balaban J connectivity index is 1.35. The molecular weight excluding hydrogens is 402 g/mol. The van der Waals surface area contributed by atoms with Crippen LogP contribution in [0.15, 0.2) is 16.6 Å². The molecule has 7 heteroatoms. The molecule has 1 N–H and O–H groups in total. The minimum absolute atomic E-state index is 0.0197. The number of halogens is 1. The average Bonchev–Trinajstić information content (AvgIpc) is 3.19. The quantitative estimate of drug-likeness (QED) is 0.755. The molecule has 26 heavy (non-hydrogen) atoms. The number of ether oxygens (including phenoxy) is 2. The van der Waals surface area contributed by atoms with Crippen LogP contribution in [0.3, 0.4) is 0 Å². The molecule has 1 aliphatic heterocycles. The van der Waals surface area contributed by atoms with Gasteiger partial charge < -0.3 is 14.8 Å². The van der Waals surface area contributed by atoms with Crippen molar-refractivity contribution in [3.05, 3.63) is 27.7 Å². The van der Waals surface area contributed by atoms with Crippen molar-refractivity contribution in [2.75, 3.05) is 11.9 Å². The molecule has 5 atom stereocenters. The van der Waals surface area contributed by atoms with Crippen molar-refractivity contribution in [2.24, 2.45) is 23.7 Å². The van der Waals surface area contributed by atoms with Crippen LogP contribution in [0.1, 0.15) is 24.0 Å². The maximum atomic E-state index is 12.5. The Kier molecular flexibility index (Phi) is 4.29. The monoisotopic (exact) mass is 421 g/mol. The summed E-state index contributed by atoms with van der Waals surface area (Å²) in [7, 11) is 0. The summed E-state index contributed by atoms with van der Waals surface area (Å²) in [5.74, 6) is -1.71. The first-order chi connectivity index (χ1) is 12.3. The molecule has 1 aromatic carbocycles. The number of hydrogen-bond donors (Lipinski definition) is 1. The van der Waals surface area contributed by atoms with Gasteiger partial charge in [-0.1, -0.05) is 15.9 Å². The molecule has 1 aromatic rings. The smallest absolute Gasteiger partial charge is 0.310 e. The zero-order valence-corrected chi connectivity index (χ0v) is 16.2. The standard InChI is InChI=1S/C19H20BrNO5/c1-8-3-11(4-9(2)17(8)20)21-14(22)7-25-18(23)15-10-5-12-13(6-10)26-19(24)16(12)15/h3-4,10,12-13,15-16H,5-7H2,1-2H3,(H,21,22)/t10-,12+,13-,15+,16+/m1/s1. The lowest BCUT2D eigenvalue weighted by atomic mass is 9.80. The zero-order chi connectivity index (χ0) is 18.6. The van der Waals surface area contributed by atoms with Crippen LogP contribution in [0.25, 0.3) is 0 Å². The van der Waals surface area contributed by atoms with Crippen LogP contribution < -0.4 is 5.32 Å². The van der Waals surface area contributed by atoms with Gasteiger partial charge in [-0.2, -0.15) is 0 Å². The third-order valence-electron chi connectivity index (χ3n) is 5.82. The van der Waals surface area contributed by atoms with E-state index in [1.807, 2.05) is 26.0 Å². The van der Waals surface area contributed by atoms with E-state index in [-0.39, 0.29) is 36.4 Å². The predicted octanol–water partition coefficient (Wildman–Crippen LogP) is 2.75. The maximum absolute atomic E-state index is 12.5. The fourth-order valence-corrected chi connectivity index (χ4v) is 5.00. The molecule has 6 nitrogen and oxygen atoms in total. The number of amides is 1. The first-order valence-corrected chi connectivity index (χ1v) is 9.58. The molecule has 0 radical (unpaired) electrons. The van der Waals surface area contributed by atoms with E-state index in [0.29, 0.717) is 5.69 Å². The highest BCUT2D eigenvalue weighted by Gasteiger charge is 2.64. The molecule has 0 spiro atoms. The number of benzene rings is 1. The Morgan fingerprint density at radius 3 is 2.65 bits per heavy atom. The number of carbonyl (C=O) groups excluding carboxylic acids is 3. The molecule has 2 aliphatic carbocycles. The van der Waals surface area contributed by atoms with E-state index in [0.717, 1.165) is 28.4 Å². The molecule has 1 amide bonds. The van der Waals surface area contributed by atoms with Gasteiger partial charge in [-0.25, -0.2) is 0 Å². The van der Waals surface area contributed by atoms with Gasteiger partial charge in [-0.05, 0) is 55.9 Å². The van der Waals surface area contributed by atoms with Crippen molar-refractivity contribution in [2.45, 2.75) is 32.8 Å². The van der Waals surface area contributed by atoms with Gasteiger partial charge in [0.1, 0.15) is 6.10 Å². The van der Waals surface area contributed by atoms with Crippen LogP contribution in [0.2, 0.25) is 0 Å². The molecule has 138 valence electrons. The second-order valence-corrected chi connectivity index (χ2v) is 8.30. The van der Waals surface area contributed by atoms with Crippen LogP contribution >= 0.6 is 15.9 Å². The van der Waals surface area contributed by atoms with Gasteiger partial charge in [0.05, 0.1) is 11.8 Å². The molecule has 4 rings (SSSR count). The zero-order valence-electron chi connectivity index (χ0n) is 14.6. The number of anilines is 1. The Bertz CT molecular complexity index is 782. The van der Waals surface area contributed by atoms with E-state index >= 15 is 0 Å². The van der Waals surface area contributed by atoms with Crippen molar-refractivity contribution >= 4 is 39.5 Å². The lowest BCUT2D eigenvalue weighted by Gasteiger charge is -2.22. The van der Waals surface area contributed by atoms with E-state index in [9.17, 15) is 14.4 Å². The molecule has 3 aliphatic rings. The van der Waals surface area contributed by atoms with Crippen molar-refractivity contribution in [3.8, 4) is 0 Å². The molecular formula is C19H20BrNO5. The number of fused-ring (bicyclic) bond motifs is 1. The third-order valence-corrected chi connectivity index (χ3v) is 7.07. The lowest BCUT2D eigenvalue weighted by molar-refractivity contribution is -0.157. The lowest BCUT2D eigenvalue weighted by Crippen LogP contribution is -2.34. The van der Waals surface area contributed by atoms with Crippen molar-refractivity contribution in [1.82, 2.24) is 0 Å². The number of nitrogens with one attached hydrogen (secondary N) is 1. The minimum Gasteiger partial charge on any atom is -0.462 e. The SMILES string of the molecule is Cc1cc(NC(=O)COC(=O)[C@H]2[C@@H]3C[C@@H]4[C@@H]2C(=O)O[C@@H]4C3)cc(C)c1Br. The molecule has 1 heterocycles. The largest absolute Gasteiger partial charge is 0.462 e. The second kappa shape index (κ2) is 6.37. The third kappa shape index (κ3) is 2.82. The fourth-order valence-electron chi connectivity index (χ4n) is 4.77. The van der Waals surface area contributed by atoms with E-state index in [1.165, 1.54) is 0 Å². The van der Waals surface area contributed by atoms with Gasteiger partial charge in [0, 0.05) is 16.1 Å². The van der Waals surface area contributed by atoms with E-state index in [2.05, 4.69) is 21.2 Å². The molecule has 2 bridgehead atoms. The van der Waals surface area contributed by atoms with E-state index in [4.69, 9.17) is 9.47 Å². The number of esters is 2. The van der Waals surface area contributed by atoms with Gasteiger partial charge in [-0.3, -0.25) is 14.4 Å². The van der Waals surface area contributed by atoms with Crippen LogP contribution in [0.4, 0.5) is 5.69 Å². The summed E-state index contributed by atoms with van der Waals surface area (Å²) >= 11 is 3.48. The van der Waals surface area contributed by atoms with Crippen molar-refractivity contribution in [1.29, 1.82) is 0 Å². The number of rotatable bonds is 4. The number of hydrogen-bond acceptors (Lipinski definition) is 5. The highest BCUT2D eigenvalue weighted by Crippen LogP contribution is 2.57. The van der Waals surface area contributed by atoms with Crippen LogP contribution in [0, 0.1) is 37.5 Å². The Morgan fingerprint density at radius 1 is 1.27 bits per heavy atom. The Hall–Kier alpha value is -1.89. The number of aryl methyl sites for hydroxylation is 2. The highest BCUT2D eigenvalue weighted by molar-refractivity contribution is 9.10. The predicted molar refractivity (Wildman–Crippen MR) is 96.3 cm³/mol. The molecule has 1 saturated heterocycles. The van der Waals surface area contributed by atoms with Gasteiger partial charge >= 0.3 is 11.9 Å². The van der Waals surface area contributed by atoms with E-state index in [1.54, 1.807) is 0 Å². The Morgan fingerprint density at radius 2 is 1.96 bits per heavy atom. The number of carbonyl (C=O) groups is 3. The molecule has 3 fully saturated rings. The molecule has 0 aromatic heterocycles. The summed E-state index contributed by atoms with van der Waals surface area (Å²) in [6, 6.07) is 3.70. The van der Waals surface area contributed by atoms with Crippen molar-refractivity contribution in [3.63, 3.8) is 0 Å². The van der Waals surface area contributed by atoms with Gasteiger partial charge in [0.25, 0.3) is 5.91 Å². The van der Waals surface area contributed by atoms with Crippen LogP contribution in [-0.2, 0) is 23.9 Å². The summed E-state index contributed by atoms with van der Waals surface area (Å²) in [5.41, 5.74) is 2.67. The normalized spacial score (nSPS) is 31.0. The fraction of sp³-hybridized carbons (Fsp3) is 0.526. The van der Waals surface area contributed by atoms with Gasteiger partial charge in [0.15, 0.2) is 6.61 Å². The van der Waals surface area contributed by atoms with Crippen LogP contribution in [-0.4, -0.2) is 30.6 Å². The average molecular weight is 422 g/mol. The Labute approximate surface area is 159 Å². The first kappa shape index (κ1) is 17.5. The summed E-state index contributed by atoms with van der Waals surface area (Å²) in [6.07, 6.45) is 1.55. The van der Waals surface area contributed by atoms with E-state index < -0.39 is 17.8 Å². The molecule has 0 unspecified atom stereocenters. The summed E-state index contributed by atoms with van der Waals surface area (Å²) in [4.78, 5) is 36.6. The topological polar surface area (TPSA) is 81.7 Å². The summed E-state index contributed by atoms with van der Waals surface area (Å²) in [5, 5.41) is 2.74. The second-order valence-electron chi connectivity index (χ2n) is 7.50. The summed E-state index contributed by atoms with van der Waals surface area (Å²) < 4.78 is 11.6. The van der Waals surface area contributed by atoms with Crippen LogP contribution in [0.5, 0.6) is 0 Å². The minimum atomic E-state index is -0.462. The first-order valence-electron chi connectivity index (χ1n) is 8.79. The highest BCUT2D eigenvalue weighted by atomic mass is 79.9. The van der Waals surface area contributed by atoms with Gasteiger partial charge in [0.2, 0.25) is 0 Å². The summed E-state index contributed by atoms with van der Waals surface area (Å²) in [6.45, 7) is 3.53. The van der Waals surface area contributed by atoms with Gasteiger partial charge in [-0.15, -0.1) is 0 Å². The molecule has 2 saturated carbocycles.